The van der Waals surface area contributed by atoms with Crippen molar-refractivity contribution in [3.63, 3.8) is 0 Å². The quantitative estimate of drug-likeness (QED) is 0.834. The molecule has 0 spiro atoms. The van der Waals surface area contributed by atoms with E-state index in [9.17, 15) is 4.79 Å². The van der Waals surface area contributed by atoms with Gasteiger partial charge in [-0.15, -0.1) is 0 Å². The third kappa shape index (κ3) is 2.38. The number of nitrogens with two attached hydrogens (primary N) is 1. The van der Waals surface area contributed by atoms with Gasteiger partial charge in [0.2, 0.25) is 0 Å². The first-order chi connectivity index (χ1) is 8.65. The van der Waals surface area contributed by atoms with E-state index in [1.165, 1.54) is 18.2 Å². The highest BCUT2D eigenvalue weighted by Gasteiger charge is 2.10. The summed E-state index contributed by atoms with van der Waals surface area (Å²) < 4.78 is 6.65. The molecule has 0 aliphatic carbocycles. The molecule has 4 heteroatoms. The van der Waals surface area contributed by atoms with Crippen molar-refractivity contribution in [2.24, 2.45) is 5.73 Å². The van der Waals surface area contributed by atoms with E-state index < -0.39 is 0 Å². The Bertz CT molecular complexity index is 572. The number of rotatable bonds is 4. The molecule has 18 heavy (non-hydrogen) atoms. The highest BCUT2D eigenvalue weighted by atomic mass is 16.5. The molecule has 0 atom stereocenters. The van der Waals surface area contributed by atoms with Gasteiger partial charge in [0.05, 0.1) is 7.11 Å². The largest absolute Gasteiger partial charge is 0.468 e. The second kappa shape index (κ2) is 5.23. The third-order valence-electron chi connectivity index (χ3n) is 3.06. The number of hydrogen-bond acceptors (Lipinski definition) is 3. The van der Waals surface area contributed by atoms with Crippen molar-refractivity contribution in [3.05, 3.63) is 35.5 Å². The zero-order chi connectivity index (χ0) is 13.1. The SMILES string of the molecule is COC(=O)Cn1cc(CCN)c2ccc(C)cc21. The second-order valence-corrected chi connectivity index (χ2v) is 4.42. The molecule has 0 aliphatic heterocycles. The molecular formula is C14H18N2O2. The number of nitrogens with zero attached hydrogens (tertiary/aromatic N) is 1. The van der Waals surface area contributed by atoms with E-state index >= 15 is 0 Å². The Morgan fingerprint density at radius 1 is 1.44 bits per heavy atom. The molecule has 0 saturated heterocycles. The van der Waals surface area contributed by atoms with E-state index in [0.717, 1.165) is 17.3 Å². The van der Waals surface area contributed by atoms with Gasteiger partial charge in [-0.05, 0) is 37.1 Å². The lowest BCUT2D eigenvalue weighted by molar-refractivity contribution is -0.141. The Hall–Kier alpha value is -1.81. The predicted molar refractivity (Wildman–Crippen MR) is 71.4 cm³/mol. The molecule has 0 radical (unpaired) electrons. The maximum Gasteiger partial charge on any atom is 0.325 e. The molecule has 0 fully saturated rings. The van der Waals surface area contributed by atoms with E-state index in [0.29, 0.717) is 6.54 Å². The van der Waals surface area contributed by atoms with Crippen LogP contribution < -0.4 is 5.73 Å². The zero-order valence-corrected chi connectivity index (χ0v) is 10.8. The number of hydrogen-bond donors (Lipinski definition) is 1. The van der Waals surface area contributed by atoms with Gasteiger partial charge in [0.25, 0.3) is 0 Å². The average Bonchev–Trinajstić information content (AvgIpc) is 2.67. The minimum atomic E-state index is -0.243. The summed E-state index contributed by atoms with van der Waals surface area (Å²) in [6, 6.07) is 6.24. The number of methoxy groups -OCH3 is 1. The Kier molecular flexibility index (Phi) is 3.67. The number of fused-ring (bicyclic) bond motifs is 1. The first-order valence-electron chi connectivity index (χ1n) is 6.01. The second-order valence-electron chi connectivity index (χ2n) is 4.42. The number of ether oxygens (including phenoxy) is 1. The summed E-state index contributed by atoms with van der Waals surface area (Å²) >= 11 is 0. The number of esters is 1. The molecule has 1 aromatic heterocycles. The molecule has 0 unspecified atom stereocenters. The van der Waals surface area contributed by atoms with Gasteiger partial charge in [-0.25, -0.2) is 0 Å². The molecule has 2 N–H and O–H groups in total. The van der Waals surface area contributed by atoms with E-state index in [2.05, 4.69) is 18.2 Å². The normalized spacial score (nSPS) is 10.8. The van der Waals surface area contributed by atoms with Crippen LogP contribution in [0.2, 0.25) is 0 Å². The minimum Gasteiger partial charge on any atom is -0.468 e. The van der Waals surface area contributed by atoms with Gasteiger partial charge in [-0.1, -0.05) is 12.1 Å². The van der Waals surface area contributed by atoms with Gasteiger partial charge in [0.15, 0.2) is 0 Å². The van der Waals surface area contributed by atoms with Crippen molar-refractivity contribution < 1.29 is 9.53 Å². The lowest BCUT2D eigenvalue weighted by atomic mass is 10.1. The molecular weight excluding hydrogens is 228 g/mol. The molecule has 0 bridgehead atoms. The van der Waals surface area contributed by atoms with Crippen LogP contribution in [0, 0.1) is 6.92 Å². The van der Waals surface area contributed by atoms with E-state index in [-0.39, 0.29) is 12.5 Å². The lowest BCUT2D eigenvalue weighted by Crippen LogP contribution is -2.10. The molecule has 0 aliphatic rings. The van der Waals surface area contributed by atoms with E-state index in [1.54, 1.807) is 0 Å². The van der Waals surface area contributed by atoms with Gasteiger partial charge in [-0.2, -0.15) is 0 Å². The molecule has 2 rings (SSSR count). The summed E-state index contributed by atoms with van der Waals surface area (Å²) in [6.45, 7) is 2.88. The van der Waals surface area contributed by atoms with Gasteiger partial charge in [0.1, 0.15) is 6.54 Å². The number of carbonyl (C=O) groups excluding carboxylic acids is 1. The fraction of sp³-hybridized carbons (Fsp3) is 0.357. The summed E-state index contributed by atoms with van der Waals surface area (Å²) in [5, 5.41) is 1.16. The fourth-order valence-electron chi connectivity index (χ4n) is 2.17. The van der Waals surface area contributed by atoms with Gasteiger partial charge < -0.3 is 15.0 Å². The minimum absolute atomic E-state index is 0.237. The molecule has 0 amide bonds. The highest BCUT2D eigenvalue weighted by Crippen LogP contribution is 2.23. The maximum absolute atomic E-state index is 11.4. The van der Waals surface area contributed by atoms with Crippen molar-refractivity contribution in [1.82, 2.24) is 4.57 Å². The van der Waals surface area contributed by atoms with E-state index in [4.69, 9.17) is 10.5 Å². The van der Waals surface area contributed by atoms with Gasteiger partial charge in [-0.3, -0.25) is 4.79 Å². The number of benzene rings is 1. The van der Waals surface area contributed by atoms with E-state index in [1.807, 2.05) is 17.7 Å². The molecule has 0 saturated carbocycles. The van der Waals surface area contributed by atoms with Crippen molar-refractivity contribution in [2.75, 3.05) is 13.7 Å². The first-order valence-corrected chi connectivity index (χ1v) is 6.01. The maximum atomic E-state index is 11.4. The summed E-state index contributed by atoms with van der Waals surface area (Å²) in [4.78, 5) is 11.4. The molecule has 4 nitrogen and oxygen atoms in total. The van der Waals surface area contributed by atoms with Crippen LogP contribution in [0.1, 0.15) is 11.1 Å². The van der Waals surface area contributed by atoms with Crippen LogP contribution in [0.15, 0.2) is 24.4 Å². The van der Waals surface area contributed by atoms with Crippen molar-refractivity contribution >= 4 is 16.9 Å². The lowest BCUT2D eigenvalue weighted by Gasteiger charge is -2.03. The van der Waals surface area contributed by atoms with Crippen LogP contribution in [0.25, 0.3) is 10.9 Å². The van der Waals surface area contributed by atoms with Crippen LogP contribution in [-0.2, 0) is 22.5 Å². The van der Waals surface area contributed by atoms with Crippen molar-refractivity contribution in [1.29, 1.82) is 0 Å². The van der Waals surface area contributed by atoms with Crippen molar-refractivity contribution in [3.8, 4) is 0 Å². The summed E-state index contributed by atoms with van der Waals surface area (Å²) in [5.74, 6) is -0.243. The zero-order valence-electron chi connectivity index (χ0n) is 10.8. The Morgan fingerprint density at radius 2 is 2.22 bits per heavy atom. The van der Waals surface area contributed by atoms with Gasteiger partial charge >= 0.3 is 5.97 Å². The average molecular weight is 246 g/mol. The number of carbonyl (C=O) groups is 1. The van der Waals surface area contributed by atoms with Crippen LogP contribution >= 0.6 is 0 Å². The fourth-order valence-corrected chi connectivity index (χ4v) is 2.17. The van der Waals surface area contributed by atoms with Crippen LogP contribution in [0.4, 0.5) is 0 Å². The van der Waals surface area contributed by atoms with Crippen molar-refractivity contribution in [2.45, 2.75) is 19.9 Å². The van der Waals surface area contributed by atoms with Crippen LogP contribution in [-0.4, -0.2) is 24.2 Å². The van der Waals surface area contributed by atoms with Gasteiger partial charge in [0, 0.05) is 17.1 Å². The standard InChI is InChI=1S/C14H18N2O2/c1-10-3-4-12-11(5-6-15)8-16(13(12)7-10)9-14(17)18-2/h3-4,7-8H,5-6,9,15H2,1-2H3. The van der Waals surface area contributed by atoms with Crippen LogP contribution in [0.3, 0.4) is 0 Å². The predicted octanol–water partition coefficient (Wildman–Crippen LogP) is 1.62. The highest BCUT2D eigenvalue weighted by molar-refractivity contribution is 5.86. The smallest absolute Gasteiger partial charge is 0.325 e. The topological polar surface area (TPSA) is 57.2 Å². The summed E-state index contributed by atoms with van der Waals surface area (Å²) in [6.07, 6.45) is 2.81. The molecule has 1 heterocycles. The monoisotopic (exact) mass is 246 g/mol. The number of aromatic nitrogens is 1. The summed E-state index contributed by atoms with van der Waals surface area (Å²) in [5.41, 5.74) is 9.03. The number of aryl methyl sites for hydroxylation is 1. The molecule has 1 aromatic carbocycles. The molecule has 96 valence electrons. The Morgan fingerprint density at radius 3 is 2.89 bits per heavy atom. The third-order valence-corrected chi connectivity index (χ3v) is 3.06. The Balaban J connectivity index is 2.50. The van der Waals surface area contributed by atoms with Crippen LogP contribution in [0.5, 0.6) is 0 Å². The molecule has 2 aromatic rings. The summed E-state index contributed by atoms with van der Waals surface area (Å²) in [7, 11) is 1.40. The first kappa shape index (κ1) is 12.6. The Labute approximate surface area is 106 Å².